The van der Waals surface area contributed by atoms with Crippen LogP contribution in [0.3, 0.4) is 0 Å². The number of piperidine rings is 1. The zero-order chi connectivity index (χ0) is 29.9. The van der Waals surface area contributed by atoms with Gasteiger partial charge in [-0.3, -0.25) is 24.1 Å². The molecule has 3 rings (SSSR count). The van der Waals surface area contributed by atoms with Crippen LogP contribution in [0.15, 0.2) is 24.3 Å². The molecule has 2 aliphatic rings. The first-order valence-corrected chi connectivity index (χ1v) is 13.5. The van der Waals surface area contributed by atoms with E-state index in [1.54, 1.807) is 0 Å². The van der Waals surface area contributed by atoms with E-state index in [0.29, 0.717) is 12.1 Å². The zero-order valence-electron chi connectivity index (χ0n) is 23.7. The second-order valence-electron chi connectivity index (χ2n) is 9.75. The van der Waals surface area contributed by atoms with Crippen LogP contribution in [0.2, 0.25) is 0 Å². The molecule has 13 heteroatoms. The van der Waals surface area contributed by atoms with Crippen molar-refractivity contribution < 1.29 is 57.1 Å². The Morgan fingerprint density at radius 2 is 1.34 bits per heavy atom. The van der Waals surface area contributed by atoms with Crippen LogP contribution in [0.5, 0.6) is 5.75 Å². The number of carbonyl (C=O) groups excluding carboxylic acids is 5. The number of rotatable bonds is 11. The number of esters is 5. The summed E-state index contributed by atoms with van der Waals surface area (Å²) in [4.78, 5) is 62.0. The molecule has 1 aromatic carbocycles. The van der Waals surface area contributed by atoms with Crippen molar-refractivity contribution in [3.8, 4) is 5.75 Å². The third kappa shape index (κ3) is 10.0. The number of hydrogen-bond acceptors (Lipinski definition) is 13. The minimum Gasteiger partial charge on any atom is -0.463 e. The molecule has 13 nitrogen and oxygen atoms in total. The number of nitrogens with zero attached hydrogens (tertiary/aromatic N) is 1. The fourth-order valence-electron chi connectivity index (χ4n) is 4.62. The monoisotopic (exact) mass is 579 g/mol. The molecule has 2 saturated heterocycles. The molecule has 1 unspecified atom stereocenters. The first-order valence-electron chi connectivity index (χ1n) is 13.5. The largest absolute Gasteiger partial charge is 0.463 e. The summed E-state index contributed by atoms with van der Waals surface area (Å²) in [5.41, 5.74) is 0.303. The molecule has 5 atom stereocenters. The van der Waals surface area contributed by atoms with Gasteiger partial charge in [-0.25, -0.2) is 4.79 Å². The third-order valence-electron chi connectivity index (χ3n) is 6.38. The lowest BCUT2D eigenvalue weighted by molar-refractivity contribution is -0.288. The number of likely N-dealkylation sites (tertiary alicyclic amines) is 1. The van der Waals surface area contributed by atoms with Crippen molar-refractivity contribution in [3.63, 3.8) is 0 Å². The zero-order valence-corrected chi connectivity index (χ0v) is 23.7. The Morgan fingerprint density at radius 1 is 0.756 bits per heavy atom. The molecule has 0 saturated carbocycles. The Bertz CT molecular complexity index is 1070. The van der Waals surface area contributed by atoms with Crippen molar-refractivity contribution in [2.75, 3.05) is 32.8 Å². The molecule has 2 aliphatic heterocycles. The summed E-state index contributed by atoms with van der Waals surface area (Å²) in [5, 5.41) is 0. The number of benzene rings is 1. The third-order valence-corrected chi connectivity index (χ3v) is 6.38. The van der Waals surface area contributed by atoms with Crippen molar-refractivity contribution in [1.82, 2.24) is 4.90 Å². The normalized spacial score (nSPS) is 24.4. The SMILES string of the molecule is CC(=O)OC[C@H]1OC(Oc2ccc(C(=O)OCCN3CCCCC3)cc2)[C@H](OC(C)=O)[C@@H](OC(C)=O)[C@@H]1OC(C)=O. The molecule has 0 spiro atoms. The molecule has 1 aromatic rings. The van der Waals surface area contributed by atoms with Crippen LogP contribution in [-0.4, -0.2) is 98.3 Å². The van der Waals surface area contributed by atoms with Gasteiger partial charge in [0.05, 0.1) is 5.56 Å². The summed E-state index contributed by atoms with van der Waals surface area (Å²) >= 11 is 0. The second-order valence-corrected chi connectivity index (χ2v) is 9.75. The first-order chi connectivity index (χ1) is 19.5. The van der Waals surface area contributed by atoms with Gasteiger partial charge in [0.2, 0.25) is 12.4 Å². The van der Waals surface area contributed by atoms with Crippen LogP contribution in [0.1, 0.15) is 57.3 Å². The van der Waals surface area contributed by atoms with E-state index >= 15 is 0 Å². The van der Waals surface area contributed by atoms with Crippen LogP contribution in [-0.2, 0) is 47.6 Å². The Hall–Kier alpha value is -3.71. The van der Waals surface area contributed by atoms with E-state index in [4.69, 9.17) is 33.2 Å². The van der Waals surface area contributed by atoms with Crippen molar-refractivity contribution in [1.29, 1.82) is 0 Å². The number of ether oxygens (including phenoxy) is 7. The summed E-state index contributed by atoms with van der Waals surface area (Å²) in [6.07, 6.45) is -3.01. The van der Waals surface area contributed by atoms with E-state index in [1.807, 2.05) is 0 Å². The lowest BCUT2D eigenvalue weighted by Crippen LogP contribution is -2.63. The van der Waals surface area contributed by atoms with E-state index < -0.39 is 60.6 Å². The minimum absolute atomic E-state index is 0.218. The van der Waals surface area contributed by atoms with Gasteiger partial charge in [-0.1, -0.05) is 6.42 Å². The molecule has 2 heterocycles. The molecule has 41 heavy (non-hydrogen) atoms. The summed E-state index contributed by atoms with van der Waals surface area (Å²) in [6, 6.07) is 6.00. The highest BCUT2D eigenvalue weighted by atomic mass is 16.7. The van der Waals surface area contributed by atoms with E-state index in [0.717, 1.165) is 46.7 Å². The molecular formula is C28H37NO12. The fraction of sp³-hybridized carbons (Fsp3) is 0.607. The summed E-state index contributed by atoms with van der Waals surface area (Å²) in [7, 11) is 0. The molecule has 0 N–H and O–H groups in total. The second kappa shape index (κ2) is 15.3. The van der Waals surface area contributed by atoms with Crippen LogP contribution in [0, 0.1) is 0 Å². The lowest BCUT2D eigenvalue weighted by Gasteiger charge is -2.43. The Balaban J connectivity index is 1.75. The maximum absolute atomic E-state index is 12.5. The van der Waals surface area contributed by atoms with Gasteiger partial charge >= 0.3 is 29.8 Å². The summed E-state index contributed by atoms with van der Waals surface area (Å²) in [5.74, 6) is -3.12. The van der Waals surface area contributed by atoms with Crippen molar-refractivity contribution in [3.05, 3.63) is 29.8 Å². The van der Waals surface area contributed by atoms with E-state index in [-0.39, 0.29) is 19.0 Å². The summed E-state index contributed by atoms with van der Waals surface area (Å²) in [6.45, 7) is 7.18. The Morgan fingerprint density at radius 3 is 1.93 bits per heavy atom. The highest BCUT2D eigenvalue weighted by Gasteiger charge is 2.53. The molecular weight excluding hydrogens is 542 g/mol. The predicted molar refractivity (Wildman–Crippen MR) is 140 cm³/mol. The quantitative estimate of drug-likeness (QED) is 0.277. The van der Waals surface area contributed by atoms with Crippen LogP contribution in [0.4, 0.5) is 0 Å². The van der Waals surface area contributed by atoms with Crippen molar-refractivity contribution in [2.45, 2.75) is 77.7 Å². The average Bonchev–Trinajstić information content (AvgIpc) is 2.91. The molecule has 0 aliphatic carbocycles. The van der Waals surface area contributed by atoms with Crippen molar-refractivity contribution in [2.24, 2.45) is 0 Å². The van der Waals surface area contributed by atoms with Gasteiger partial charge in [0.1, 0.15) is 25.1 Å². The van der Waals surface area contributed by atoms with E-state index in [2.05, 4.69) is 4.90 Å². The lowest BCUT2D eigenvalue weighted by atomic mass is 9.98. The summed E-state index contributed by atoms with van der Waals surface area (Å²) < 4.78 is 38.4. The van der Waals surface area contributed by atoms with Gasteiger partial charge in [0, 0.05) is 34.2 Å². The molecule has 226 valence electrons. The van der Waals surface area contributed by atoms with Crippen LogP contribution >= 0.6 is 0 Å². The van der Waals surface area contributed by atoms with E-state index in [9.17, 15) is 24.0 Å². The van der Waals surface area contributed by atoms with Crippen LogP contribution < -0.4 is 4.74 Å². The number of hydrogen-bond donors (Lipinski definition) is 0. The van der Waals surface area contributed by atoms with Crippen LogP contribution in [0.25, 0.3) is 0 Å². The predicted octanol–water partition coefficient (Wildman–Crippen LogP) is 1.79. The molecule has 0 bridgehead atoms. The highest BCUT2D eigenvalue weighted by molar-refractivity contribution is 5.89. The fourth-order valence-corrected chi connectivity index (χ4v) is 4.62. The van der Waals surface area contributed by atoms with Gasteiger partial charge < -0.3 is 33.2 Å². The minimum atomic E-state index is -1.38. The highest BCUT2D eigenvalue weighted by Crippen LogP contribution is 2.31. The topological polar surface area (TPSA) is 153 Å². The standard InChI is InChI=1S/C28H37NO12/c1-17(30)36-16-23-24(37-18(2)31)25(38-19(3)32)26(39-20(4)33)28(41-23)40-22-10-8-21(9-11-22)27(34)35-15-14-29-12-6-5-7-13-29/h8-11,23-26,28H,5-7,12-16H2,1-4H3/t23-,24-,25+,26-,28?/m1/s1. The maximum Gasteiger partial charge on any atom is 0.338 e. The van der Waals surface area contributed by atoms with Crippen molar-refractivity contribution >= 4 is 29.8 Å². The van der Waals surface area contributed by atoms with Gasteiger partial charge in [-0.15, -0.1) is 0 Å². The number of carbonyl (C=O) groups is 5. The molecule has 0 amide bonds. The smallest absolute Gasteiger partial charge is 0.338 e. The molecule has 0 aromatic heterocycles. The molecule has 0 radical (unpaired) electrons. The van der Waals surface area contributed by atoms with E-state index in [1.165, 1.54) is 37.6 Å². The Labute approximate surface area is 238 Å². The van der Waals surface area contributed by atoms with Gasteiger partial charge in [0.15, 0.2) is 12.2 Å². The maximum atomic E-state index is 12.5. The molecule has 2 fully saturated rings. The Kier molecular flexibility index (Phi) is 11.9. The van der Waals surface area contributed by atoms with Gasteiger partial charge in [0.25, 0.3) is 0 Å². The average molecular weight is 580 g/mol. The van der Waals surface area contributed by atoms with Gasteiger partial charge in [-0.05, 0) is 50.2 Å². The van der Waals surface area contributed by atoms with Gasteiger partial charge in [-0.2, -0.15) is 0 Å². The first kappa shape index (κ1) is 31.8.